The van der Waals surface area contributed by atoms with Crippen LogP contribution in [0.25, 0.3) is 0 Å². The molecular formula is C15H15F3N2. The van der Waals surface area contributed by atoms with Gasteiger partial charge in [-0.15, -0.1) is 0 Å². The highest BCUT2D eigenvalue weighted by Gasteiger charge is 2.11. The Morgan fingerprint density at radius 3 is 1.95 bits per heavy atom. The fourth-order valence-electron chi connectivity index (χ4n) is 2.09. The third kappa shape index (κ3) is 2.87. The lowest BCUT2D eigenvalue weighted by Gasteiger charge is -2.11. The predicted molar refractivity (Wildman–Crippen MR) is 74.0 cm³/mol. The zero-order chi connectivity index (χ0) is 14.9. The van der Waals surface area contributed by atoms with Crippen LogP contribution in [-0.4, -0.2) is 0 Å². The lowest BCUT2D eigenvalue weighted by atomic mass is 10.1. The summed E-state index contributed by atoms with van der Waals surface area (Å²) in [7, 11) is 0. The summed E-state index contributed by atoms with van der Waals surface area (Å²) >= 11 is 0. The number of hydrogen-bond donors (Lipinski definition) is 2. The molecule has 0 aliphatic heterocycles. The van der Waals surface area contributed by atoms with E-state index in [1.54, 1.807) is 26.0 Å². The van der Waals surface area contributed by atoms with Crippen LogP contribution in [0.4, 0.5) is 24.5 Å². The van der Waals surface area contributed by atoms with Crippen LogP contribution in [0.2, 0.25) is 0 Å². The molecule has 2 aromatic carbocycles. The monoisotopic (exact) mass is 280 g/mol. The van der Waals surface area contributed by atoms with Gasteiger partial charge in [-0.2, -0.15) is 0 Å². The maximum Gasteiger partial charge on any atom is 0.151 e. The van der Waals surface area contributed by atoms with Crippen LogP contribution in [0.5, 0.6) is 0 Å². The van der Waals surface area contributed by atoms with E-state index in [0.717, 1.165) is 17.7 Å². The summed E-state index contributed by atoms with van der Waals surface area (Å²) in [6.45, 7) is 3.49. The molecule has 5 heteroatoms. The van der Waals surface area contributed by atoms with Crippen molar-refractivity contribution in [1.29, 1.82) is 0 Å². The van der Waals surface area contributed by atoms with Crippen LogP contribution in [0.3, 0.4) is 0 Å². The molecule has 0 saturated carbocycles. The minimum absolute atomic E-state index is 0.0269. The van der Waals surface area contributed by atoms with Crippen LogP contribution in [-0.2, 0) is 6.54 Å². The van der Waals surface area contributed by atoms with Gasteiger partial charge in [-0.1, -0.05) is 12.1 Å². The molecule has 20 heavy (non-hydrogen) atoms. The molecule has 0 atom stereocenters. The molecule has 0 radical (unpaired) electrons. The Balaban J connectivity index is 2.21. The van der Waals surface area contributed by atoms with Crippen molar-refractivity contribution in [2.75, 3.05) is 11.1 Å². The lowest BCUT2D eigenvalue weighted by molar-refractivity contribution is 0.589. The number of halogens is 3. The average Bonchev–Trinajstić information content (AvgIpc) is 2.34. The molecule has 2 rings (SSSR count). The third-order valence-corrected chi connectivity index (χ3v) is 3.03. The van der Waals surface area contributed by atoms with E-state index < -0.39 is 11.6 Å². The SMILES string of the molecule is Cc1cc(CNc2c(F)cc(N)cc2F)cc(C)c1F. The second kappa shape index (κ2) is 5.45. The highest BCUT2D eigenvalue weighted by atomic mass is 19.1. The lowest BCUT2D eigenvalue weighted by Crippen LogP contribution is -2.06. The fourth-order valence-corrected chi connectivity index (χ4v) is 2.09. The van der Waals surface area contributed by atoms with E-state index in [2.05, 4.69) is 5.32 Å². The van der Waals surface area contributed by atoms with Gasteiger partial charge in [-0.25, -0.2) is 13.2 Å². The topological polar surface area (TPSA) is 38.0 Å². The summed E-state index contributed by atoms with van der Waals surface area (Å²) in [4.78, 5) is 0. The van der Waals surface area contributed by atoms with Gasteiger partial charge in [0.2, 0.25) is 0 Å². The molecule has 0 aliphatic carbocycles. The molecule has 0 bridgehead atoms. The van der Waals surface area contributed by atoms with Crippen LogP contribution in [0.15, 0.2) is 24.3 Å². The minimum atomic E-state index is -0.752. The Labute approximate surface area is 115 Å². The molecule has 0 amide bonds. The molecule has 0 aromatic heterocycles. The van der Waals surface area contributed by atoms with Crippen molar-refractivity contribution >= 4 is 11.4 Å². The fraction of sp³-hybridized carbons (Fsp3) is 0.200. The second-order valence-corrected chi connectivity index (χ2v) is 4.76. The molecule has 2 aromatic rings. The van der Waals surface area contributed by atoms with Gasteiger partial charge in [0.05, 0.1) is 0 Å². The maximum atomic E-state index is 13.6. The Morgan fingerprint density at radius 1 is 0.950 bits per heavy atom. The molecule has 0 unspecified atom stereocenters. The zero-order valence-corrected chi connectivity index (χ0v) is 11.2. The van der Waals surface area contributed by atoms with Crippen molar-refractivity contribution in [3.05, 3.63) is 58.4 Å². The third-order valence-electron chi connectivity index (χ3n) is 3.03. The first-order chi connectivity index (χ1) is 9.38. The van der Waals surface area contributed by atoms with Crippen molar-refractivity contribution < 1.29 is 13.2 Å². The molecule has 0 saturated heterocycles. The van der Waals surface area contributed by atoms with Gasteiger partial charge in [-0.3, -0.25) is 0 Å². The first-order valence-corrected chi connectivity index (χ1v) is 6.12. The zero-order valence-electron chi connectivity index (χ0n) is 11.2. The number of nitrogens with one attached hydrogen (secondary N) is 1. The molecular weight excluding hydrogens is 265 g/mol. The summed E-state index contributed by atoms with van der Waals surface area (Å²) in [6, 6.07) is 5.38. The van der Waals surface area contributed by atoms with Crippen LogP contribution < -0.4 is 11.1 Å². The van der Waals surface area contributed by atoms with Crippen molar-refractivity contribution in [1.82, 2.24) is 0 Å². The standard InChI is InChI=1S/C15H15F3N2/c1-8-3-10(4-9(2)14(8)18)7-20-15-12(16)5-11(19)6-13(15)17/h3-6,20H,7,19H2,1-2H3. The summed E-state index contributed by atoms with van der Waals surface area (Å²) in [5.74, 6) is -1.77. The number of aryl methyl sites for hydroxylation is 2. The molecule has 0 aliphatic rings. The van der Waals surface area contributed by atoms with Gasteiger partial charge in [0.25, 0.3) is 0 Å². The smallest absolute Gasteiger partial charge is 0.151 e. The minimum Gasteiger partial charge on any atom is -0.399 e. The van der Waals surface area contributed by atoms with Crippen LogP contribution in [0, 0.1) is 31.3 Å². The summed E-state index contributed by atoms with van der Waals surface area (Å²) < 4.78 is 40.7. The highest BCUT2D eigenvalue weighted by molar-refractivity contribution is 5.54. The number of rotatable bonds is 3. The summed E-state index contributed by atoms with van der Waals surface area (Å²) in [5.41, 5.74) is 6.88. The van der Waals surface area contributed by atoms with Crippen LogP contribution >= 0.6 is 0 Å². The first-order valence-electron chi connectivity index (χ1n) is 6.12. The summed E-state index contributed by atoms with van der Waals surface area (Å²) in [6.07, 6.45) is 0. The van der Waals surface area contributed by atoms with E-state index in [0.29, 0.717) is 11.1 Å². The van der Waals surface area contributed by atoms with E-state index in [4.69, 9.17) is 5.73 Å². The van der Waals surface area contributed by atoms with Crippen LogP contribution in [0.1, 0.15) is 16.7 Å². The normalized spacial score (nSPS) is 10.7. The first kappa shape index (κ1) is 14.2. The van der Waals surface area contributed by atoms with E-state index in [1.165, 1.54) is 0 Å². The summed E-state index contributed by atoms with van der Waals surface area (Å²) in [5, 5.41) is 2.67. The Hall–Kier alpha value is -2.17. The van der Waals surface area contributed by atoms with Crippen molar-refractivity contribution in [2.45, 2.75) is 20.4 Å². The molecule has 106 valence electrons. The van der Waals surface area contributed by atoms with Gasteiger partial charge in [0.15, 0.2) is 11.6 Å². The van der Waals surface area contributed by atoms with Gasteiger partial charge in [0, 0.05) is 12.2 Å². The largest absolute Gasteiger partial charge is 0.399 e. The van der Waals surface area contributed by atoms with E-state index in [-0.39, 0.29) is 23.7 Å². The van der Waals surface area contributed by atoms with E-state index >= 15 is 0 Å². The maximum absolute atomic E-state index is 13.6. The van der Waals surface area contributed by atoms with E-state index in [9.17, 15) is 13.2 Å². The number of hydrogen-bond acceptors (Lipinski definition) is 2. The Kier molecular flexibility index (Phi) is 3.88. The predicted octanol–water partition coefficient (Wildman–Crippen LogP) is 3.92. The van der Waals surface area contributed by atoms with E-state index in [1.807, 2.05) is 0 Å². The number of benzene rings is 2. The molecule has 0 spiro atoms. The van der Waals surface area contributed by atoms with Crippen molar-refractivity contribution in [3.63, 3.8) is 0 Å². The molecule has 0 fully saturated rings. The van der Waals surface area contributed by atoms with Gasteiger partial charge in [0.1, 0.15) is 11.5 Å². The van der Waals surface area contributed by atoms with Gasteiger partial charge < -0.3 is 11.1 Å². The van der Waals surface area contributed by atoms with Gasteiger partial charge in [-0.05, 0) is 42.7 Å². The van der Waals surface area contributed by atoms with Gasteiger partial charge >= 0.3 is 0 Å². The quantitative estimate of drug-likeness (QED) is 0.836. The molecule has 0 heterocycles. The Bertz CT molecular complexity index is 608. The molecule has 2 nitrogen and oxygen atoms in total. The number of nitrogens with two attached hydrogens (primary N) is 1. The average molecular weight is 280 g/mol. The van der Waals surface area contributed by atoms with Crippen molar-refractivity contribution in [2.24, 2.45) is 0 Å². The second-order valence-electron chi connectivity index (χ2n) is 4.76. The molecule has 3 N–H and O–H groups in total. The highest BCUT2D eigenvalue weighted by Crippen LogP contribution is 2.23. The number of anilines is 2. The number of nitrogen functional groups attached to an aromatic ring is 1. The van der Waals surface area contributed by atoms with Crippen molar-refractivity contribution in [3.8, 4) is 0 Å². The Morgan fingerprint density at radius 2 is 1.45 bits per heavy atom.